The van der Waals surface area contributed by atoms with Gasteiger partial charge >= 0.3 is 5.97 Å². The van der Waals surface area contributed by atoms with E-state index in [1.807, 2.05) is 0 Å². The number of anilines is 1. The van der Waals surface area contributed by atoms with E-state index in [9.17, 15) is 19.7 Å². The third-order valence-electron chi connectivity index (χ3n) is 3.98. The maximum absolute atomic E-state index is 12.2. The lowest BCUT2D eigenvalue weighted by Gasteiger charge is -2.17. The molecule has 0 aliphatic heterocycles. The summed E-state index contributed by atoms with van der Waals surface area (Å²) in [6, 6.07) is 11.1. The lowest BCUT2D eigenvalue weighted by atomic mass is 10.1. The molecule has 0 fully saturated rings. The Balaban J connectivity index is 1.99. The minimum Gasteiger partial charge on any atom is -0.452 e. The number of ether oxygens (including phenoxy) is 1. The molecule has 9 heteroatoms. The first-order valence-electron chi connectivity index (χ1n) is 8.30. The summed E-state index contributed by atoms with van der Waals surface area (Å²) >= 11 is 5.83. The van der Waals surface area contributed by atoms with Crippen molar-refractivity contribution in [1.82, 2.24) is 4.90 Å². The molecule has 28 heavy (non-hydrogen) atoms. The number of hydrogen-bond acceptors (Lipinski definition) is 6. The molecule has 1 amide bonds. The van der Waals surface area contributed by atoms with Gasteiger partial charge in [0.05, 0.1) is 10.5 Å². The van der Waals surface area contributed by atoms with Gasteiger partial charge in [-0.2, -0.15) is 0 Å². The van der Waals surface area contributed by atoms with E-state index in [1.54, 1.807) is 50.3 Å². The van der Waals surface area contributed by atoms with Crippen LogP contribution in [0.5, 0.6) is 0 Å². The van der Waals surface area contributed by atoms with Crippen LogP contribution < -0.4 is 4.90 Å². The lowest BCUT2D eigenvalue weighted by molar-refractivity contribution is -0.384. The summed E-state index contributed by atoms with van der Waals surface area (Å²) in [5.74, 6) is -1.20. The van der Waals surface area contributed by atoms with Crippen molar-refractivity contribution in [2.45, 2.75) is 6.54 Å². The molecule has 2 aromatic rings. The smallest absolute Gasteiger partial charge is 0.338 e. The topological polar surface area (TPSA) is 93.0 Å². The Morgan fingerprint density at radius 1 is 1.11 bits per heavy atom. The van der Waals surface area contributed by atoms with Crippen molar-refractivity contribution < 1.29 is 19.2 Å². The number of rotatable bonds is 7. The first-order valence-corrected chi connectivity index (χ1v) is 8.68. The number of benzene rings is 2. The van der Waals surface area contributed by atoms with Gasteiger partial charge in [-0.25, -0.2) is 4.79 Å². The number of nitrogens with zero attached hydrogens (tertiary/aromatic N) is 3. The number of likely N-dealkylation sites (N-methyl/N-ethyl adjacent to an activating group) is 1. The first kappa shape index (κ1) is 21.2. The largest absolute Gasteiger partial charge is 0.452 e. The summed E-state index contributed by atoms with van der Waals surface area (Å²) in [6.07, 6.45) is 0. The number of hydrogen-bond donors (Lipinski definition) is 0. The summed E-state index contributed by atoms with van der Waals surface area (Å²) < 4.78 is 5.02. The number of nitro groups is 1. The number of amides is 1. The van der Waals surface area contributed by atoms with Crippen LogP contribution in [0.3, 0.4) is 0 Å². The third-order valence-corrected chi connectivity index (χ3v) is 4.23. The van der Waals surface area contributed by atoms with Crippen molar-refractivity contribution in [2.75, 3.05) is 32.6 Å². The highest BCUT2D eigenvalue weighted by Gasteiger charge is 2.20. The van der Waals surface area contributed by atoms with E-state index < -0.39 is 23.4 Å². The summed E-state index contributed by atoms with van der Waals surface area (Å²) in [4.78, 5) is 38.0. The fraction of sp³-hybridized carbons (Fsp3) is 0.263. The van der Waals surface area contributed by atoms with Crippen molar-refractivity contribution in [3.05, 3.63) is 68.7 Å². The molecule has 0 spiro atoms. The van der Waals surface area contributed by atoms with Crippen LogP contribution in [0.1, 0.15) is 15.9 Å². The Morgan fingerprint density at radius 3 is 2.32 bits per heavy atom. The zero-order valence-corrected chi connectivity index (χ0v) is 16.5. The summed E-state index contributed by atoms with van der Waals surface area (Å²) in [7, 11) is 4.91. The first-order chi connectivity index (χ1) is 13.2. The average Bonchev–Trinajstić information content (AvgIpc) is 2.66. The zero-order chi connectivity index (χ0) is 20.8. The highest BCUT2D eigenvalue weighted by molar-refractivity contribution is 6.30. The van der Waals surface area contributed by atoms with Crippen LogP contribution in [0.25, 0.3) is 0 Å². The van der Waals surface area contributed by atoms with Crippen LogP contribution in [0.4, 0.5) is 11.4 Å². The Labute approximate surface area is 167 Å². The van der Waals surface area contributed by atoms with Crippen molar-refractivity contribution in [3.63, 3.8) is 0 Å². The molecule has 0 aromatic heterocycles. The molecule has 8 nitrogen and oxygen atoms in total. The number of nitro benzene ring substituents is 1. The second-order valence-corrected chi connectivity index (χ2v) is 6.74. The number of carbonyl (C=O) groups excluding carboxylic acids is 2. The zero-order valence-electron chi connectivity index (χ0n) is 15.7. The molecule has 0 radical (unpaired) electrons. The van der Waals surface area contributed by atoms with Gasteiger partial charge in [0.2, 0.25) is 0 Å². The molecule has 0 aliphatic carbocycles. The number of carbonyl (C=O) groups is 2. The summed E-state index contributed by atoms with van der Waals surface area (Å²) in [5.41, 5.74) is 1.03. The lowest BCUT2D eigenvalue weighted by Crippen LogP contribution is -2.30. The summed E-state index contributed by atoms with van der Waals surface area (Å²) in [6.45, 7) is -0.136. The Kier molecular flexibility index (Phi) is 6.94. The van der Waals surface area contributed by atoms with Crippen LogP contribution in [0.2, 0.25) is 5.02 Å². The fourth-order valence-electron chi connectivity index (χ4n) is 2.45. The van der Waals surface area contributed by atoms with Gasteiger partial charge in [0.1, 0.15) is 5.69 Å². The molecular weight excluding hydrogens is 386 g/mol. The molecule has 0 saturated heterocycles. The highest BCUT2D eigenvalue weighted by Crippen LogP contribution is 2.27. The third kappa shape index (κ3) is 5.43. The van der Waals surface area contributed by atoms with Crippen molar-refractivity contribution >= 4 is 34.9 Å². The van der Waals surface area contributed by atoms with E-state index in [0.29, 0.717) is 17.3 Å². The van der Waals surface area contributed by atoms with E-state index in [0.717, 1.165) is 11.6 Å². The molecular formula is C19H20ClN3O5. The van der Waals surface area contributed by atoms with Crippen LogP contribution >= 0.6 is 11.6 Å². The van der Waals surface area contributed by atoms with E-state index in [1.165, 1.54) is 17.0 Å². The van der Waals surface area contributed by atoms with Crippen molar-refractivity contribution in [1.29, 1.82) is 0 Å². The second-order valence-electron chi connectivity index (χ2n) is 6.31. The van der Waals surface area contributed by atoms with Crippen molar-refractivity contribution in [2.24, 2.45) is 0 Å². The quantitative estimate of drug-likeness (QED) is 0.399. The van der Waals surface area contributed by atoms with Crippen LogP contribution in [0.15, 0.2) is 42.5 Å². The molecule has 0 atom stereocenters. The normalized spacial score (nSPS) is 10.3. The molecule has 0 N–H and O–H groups in total. The van der Waals surface area contributed by atoms with E-state index >= 15 is 0 Å². The molecule has 0 heterocycles. The SMILES string of the molecule is CN(Cc1ccc(Cl)cc1)C(=O)COC(=O)c1ccc(N(C)C)c([N+](=O)[O-])c1. The highest BCUT2D eigenvalue weighted by atomic mass is 35.5. The Hall–Kier alpha value is -3.13. The van der Waals surface area contributed by atoms with Crippen LogP contribution in [-0.2, 0) is 16.1 Å². The maximum atomic E-state index is 12.2. The monoisotopic (exact) mass is 405 g/mol. The minimum absolute atomic E-state index is 0.00505. The standard InChI is InChI=1S/C19H20ClN3O5/c1-21(2)16-9-6-14(10-17(16)23(26)27)19(25)28-12-18(24)22(3)11-13-4-7-15(20)8-5-13/h4-10H,11-12H2,1-3H3. The number of esters is 1. The molecule has 2 aromatic carbocycles. The Bertz CT molecular complexity index is 884. The maximum Gasteiger partial charge on any atom is 0.338 e. The minimum atomic E-state index is -0.804. The van der Waals surface area contributed by atoms with Gasteiger partial charge in [0.15, 0.2) is 6.61 Å². The summed E-state index contributed by atoms with van der Waals surface area (Å²) in [5, 5.41) is 11.8. The van der Waals surface area contributed by atoms with E-state index in [2.05, 4.69) is 0 Å². The van der Waals surface area contributed by atoms with Gasteiger partial charge in [-0.1, -0.05) is 23.7 Å². The molecule has 0 saturated carbocycles. The molecule has 2 rings (SSSR count). The van der Waals surface area contributed by atoms with Gasteiger partial charge in [-0.15, -0.1) is 0 Å². The molecule has 0 aliphatic rings. The van der Waals surface area contributed by atoms with E-state index in [4.69, 9.17) is 16.3 Å². The van der Waals surface area contributed by atoms with Gasteiger partial charge < -0.3 is 14.5 Å². The van der Waals surface area contributed by atoms with Crippen LogP contribution in [-0.4, -0.2) is 49.4 Å². The van der Waals surface area contributed by atoms with Crippen molar-refractivity contribution in [3.8, 4) is 0 Å². The Morgan fingerprint density at radius 2 is 1.75 bits per heavy atom. The predicted octanol–water partition coefficient (Wildman–Crippen LogP) is 3.13. The number of halogens is 1. The fourth-order valence-corrected chi connectivity index (χ4v) is 2.57. The van der Waals surface area contributed by atoms with Gasteiger partial charge in [-0.3, -0.25) is 14.9 Å². The van der Waals surface area contributed by atoms with Gasteiger partial charge in [0, 0.05) is 38.8 Å². The molecule has 148 valence electrons. The van der Waals surface area contributed by atoms with E-state index in [-0.39, 0.29) is 11.3 Å². The van der Waals surface area contributed by atoms with Gasteiger partial charge in [0.25, 0.3) is 11.6 Å². The van der Waals surface area contributed by atoms with Gasteiger partial charge in [-0.05, 0) is 29.8 Å². The molecule has 0 bridgehead atoms. The average molecular weight is 406 g/mol. The molecule has 0 unspecified atom stereocenters. The van der Waals surface area contributed by atoms with Crippen LogP contribution in [0, 0.1) is 10.1 Å². The second kappa shape index (κ2) is 9.18. The predicted molar refractivity (Wildman–Crippen MR) is 106 cm³/mol.